The lowest BCUT2D eigenvalue weighted by Gasteiger charge is -2.25. The van der Waals surface area contributed by atoms with Gasteiger partial charge in [-0.05, 0) is 50.8 Å². The first-order chi connectivity index (χ1) is 11.9. The average Bonchev–Trinajstić information content (AvgIpc) is 3.08. The minimum Gasteiger partial charge on any atom is -0.493 e. The largest absolute Gasteiger partial charge is 0.493 e. The molecule has 1 aliphatic rings. The van der Waals surface area contributed by atoms with Crippen LogP contribution in [0.3, 0.4) is 0 Å². The van der Waals surface area contributed by atoms with Gasteiger partial charge in [0.15, 0.2) is 17.0 Å². The Labute approximate surface area is 147 Å². The topological polar surface area (TPSA) is 94.1 Å². The van der Waals surface area contributed by atoms with Crippen molar-refractivity contribution in [2.45, 2.75) is 44.2 Å². The summed E-state index contributed by atoms with van der Waals surface area (Å²) in [5.41, 5.74) is -1.22. The molecule has 7 nitrogen and oxygen atoms in total. The Morgan fingerprint density at radius 3 is 2.48 bits per heavy atom. The summed E-state index contributed by atoms with van der Waals surface area (Å²) < 4.78 is 16.2. The molecule has 1 aliphatic carbocycles. The quantitative estimate of drug-likeness (QED) is 0.746. The van der Waals surface area contributed by atoms with Crippen molar-refractivity contribution in [1.29, 1.82) is 0 Å². The van der Waals surface area contributed by atoms with E-state index in [9.17, 15) is 14.7 Å². The van der Waals surface area contributed by atoms with Gasteiger partial charge in [0.2, 0.25) is 0 Å². The summed E-state index contributed by atoms with van der Waals surface area (Å²) in [6.07, 6.45) is 4.51. The van der Waals surface area contributed by atoms with Crippen LogP contribution in [0, 0.1) is 0 Å². The molecular weight excluding hydrogens is 326 g/mol. The number of benzene rings is 1. The van der Waals surface area contributed by atoms with Crippen molar-refractivity contribution in [1.82, 2.24) is 5.32 Å². The maximum atomic E-state index is 12.4. The Bertz CT molecular complexity index is 626. The highest BCUT2D eigenvalue weighted by Crippen LogP contribution is 2.32. The van der Waals surface area contributed by atoms with E-state index in [2.05, 4.69) is 5.32 Å². The second-order valence-electron chi connectivity index (χ2n) is 6.41. The number of amides is 1. The van der Waals surface area contributed by atoms with E-state index >= 15 is 0 Å². The van der Waals surface area contributed by atoms with E-state index in [-0.39, 0.29) is 12.7 Å². The van der Waals surface area contributed by atoms with Crippen molar-refractivity contribution in [3.8, 4) is 11.5 Å². The molecule has 0 aromatic heterocycles. The first-order valence-corrected chi connectivity index (χ1v) is 8.29. The first kappa shape index (κ1) is 19.1. The zero-order valence-corrected chi connectivity index (χ0v) is 14.8. The van der Waals surface area contributed by atoms with Crippen molar-refractivity contribution in [3.63, 3.8) is 0 Å². The van der Waals surface area contributed by atoms with E-state index in [1.165, 1.54) is 21.1 Å². The predicted molar refractivity (Wildman–Crippen MR) is 91.3 cm³/mol. The van der Waals surface area contributed by atoms with Crippen molar-refractivity contribution in [3.05, 3.63) is 23.8 Å². The molecule has 2 N–H and O–H groups in total. The summed E-state index contributed by atoms with van der Waals surface area (Å²) in [5.74, 6) is -0.657. The molecule has 7 heteroatoms. The molecule has 0 heterocycles. The van der Waals surface area contributed by atoms with Crippen LogP contribution in [0.4, 0.5) is 0 Å². The predicted octanol–water partition coefficient (Wildman–Crippen LogP) is 2.24. The highest BCUT2D eigenvalue weighted by molar-refractivity contribution is 5.98. The van der Waals surface area contributed by atoms with Crippen LogP contribution >= 0.6 is 0 Å². The maximum Gasteiger partial charge on any atom is 0.331 e. The summed E-state index contributed by atoms with van der Waals surface area (Å²) in [4.78, 5) is 23.8. The van der Waals surface area contributed by atoms with Crippen molar-refractivity contribution in [2.24, 2.45) is 0 Å². The number of nitrogens with one attached hydrogen (secondary N) is 1. The number of hydrogen-bond acceptors (Lipinski definition) is 5. The fourth-order valence-electron chi connectivity index (χ4n) is 2.85. The second-order valence-corrected chi connectivity index (χ2v) is 6.41. The van der Waals surface area contributed by atoms with Crippen LogP contribution in [0.1, 0.15) is 43.0 Å². The molecule has 138 valence electrons. The lowest BCUT2D eigenvalue weighted by atomic mass is 10.0. The number of carbonyl (C=O) groups is 2. The fourth-order valence-corrected chi connectivity index (χ4v) is 2.85. The molecule has 1 aromatic rings. The zero-order chi connectivity index (χ0) is 18.4. The molecule has 0 bridgehead atoms. The zero-order valence-electron chi connectivity index (χ0n) is 14.8. The van der Waals surface area contributed by atoms with Crippen LogP contribution in [0.15, 0.2) is 18.2 Å². The summed E-state index contributed by atoms with van der Waals surface area (Å²) in [7, 11) is 2.89. The molecule has 1 fully saturated rings. The van der Waals surface area contributed by atoms with Crippen LogP contribution in [-0.2, 0) is 9.53 Å². The highest BCUT2D eigenvalue weighted by atomic mass is 16.5. The average molecular weight is 351 g/mol. The summed E-state index contributed by atoms with van der Waals surface area (Å²) in [6.45, 7) is 1.25. The van der Waals surface area contributed by atoms with Gasteiger partial charge in [-0.3, -0.25) is 4.79 Å². The summed E-state index contributed by atoms with van der Waals surface area (Å²) >= 11 is 0. The smallest absolute Gasteiger partial charge is 0.331 e. The monoisotopic (exact) mass is 351 g/mol. The van der Waals surface area contributed by atoms with Gasteiger partial charge in [-0.2, -0.15) is 0 Å². The lowest BCUT2D eigenvalue weighted by Crippen LogP contribution is -2.55. The molecule has 0 spiro atoms. The Kier molecular flexibility index (Phi) is 6.25. The van der Waals surface area contributed by atoms with Crippen molar-refractivity contribution in [2.75, 3.05) is 20.8 Å². The molecule has 1 amide bonds. The molecule has 25 heavy (non-hydrogen) atoms. The highest BCUT2D eigenvalue weighted by Gasteiger charge is 2.35. The third kappa shape index (κ3) is 4.63. The van der Waals surface area contributed by atoms with Gasteiger partial charge in [0.05, 0.1) is 19.8 Å². The molecule has 1 aromatic carbocycles. The number of hydrogen-bond donors (Lipinski definition) is 2. The Morgan fingerprint density at radius 2 is 1.92 bits per heavy atom. The summed E-state index contributed by atoms with van der Waals surface area (Å²) in [6, 6.07) is 4.83. The van der Waals surface area contributed by atoms with Gasteiger partial charge in [0.1, 0.15) is 0 Å². The number of methoxy groups -OCH3 is 2. The van der Waals surface area contributed by atoms with Crippen LogP contribution < -0.4 is 14.8 Å². The fraction of sp³-hybridized carbons (Fsp3) is 0.556. The molecule has 0 saturated heterocycles. The van der Waals surface area contributed by atoms with Gasteiger partial charge in [0.25, 0.3) is 5.91 Å². The van der Waals surface area contributed by atoms with Crippen LogP contribution in [-0.4, -0.2) is 49.5 Å². The Morgan fingerprint density at radius 1 is 1.24 bits per heavy atom. The number of ether oxygens (including phenoxy) is 3. The van der Waals surface area contributed by atoms with Gasteiger partial charge < -0.3 is 24.6 Å². The standard InChI is InChI=1S/C18H25NO6/c1-18(11-23-2,17(21)22)19-16(20)12-8-9-14(15(10-12)24-3)25-13-6-4-5-7-13/h8-10,13H,4-7,11H2,1-3H3,(H,19,20)(H,21,22). The van der Waals surface area contributed by atoms with Crippen LogP contribution in [0.5, 0.6) is 11.5 Å². The van der Waals surface area contributed by atoms with Crippen molar-refractivity contribution >= 4 is 11.9 Å². The number of rotatable bonds is 8. The third-order valence-electron chi connectivity index (χ3n) is 4.32. The van der Waals surface area contributed by atoms with E-state index in [0.717, 1.165) is 25.7 Å². The maximum absolute atomic E-state index is 12.4. The molecule has 0 radical (unpaired) electrons. The normalized spacial score (nSPS) is 16.9. The molecule has 2 rings (SSSR count). The van der Waals surface area contributed by atoms with E-state index in [4.69, 9.17) is 14.2 Å². The molecular formula is C18H25NO6. The number of aliphatic carboxylic acids is 1. The Hall–Kier alpha value is -2.28. The molecule has 0 aliphatic heterocycles. The van der Waals surface area contributed by atoms with Gasteiger partial charge in [-0.25, -0.2) is 4.79 Å². The van der Waals surface area contributed by atoms with E-state index in [1.54, 1.807) is 18.2 Å². The lowest BCUT2D eigenvalue weighted by molar-refractivity contribution is -0.145. The second kappa shape index (κ2) is 8.20. The van der Waals surface area contributed by atoms with E-state index in [1.807, 2.05) is 0 Å². The molecule has 1 atom stereocenters. The minimum absolute atomic E-state index is 0.145. The van der Waals surface area contributed by atoms with Crippen LogP contribution in [0.2, 0.25) is 0 Å². The van der Waals surface area contributed by atoms with Gasteiger partial charge >= 0.3 is 5.97 Å². The van der Waals surface area contributed by atoms with E-state index in [0.29, 0.717) is 17.1 Å². The minimum atomic E-state index is -1.52. The van der Waals surface area contributed by atoms with E-state index < -0.39 is 17.4 Å². The third-order valence-corrected chi connectivity index (χ3v) is 4.32. The molecule has 1 saturated carbocycles. The van der Waals surface area contributed by atoms with Gasteiger partial charge in [-0.1, -0.05) is 0 Å². The number of carbonyl (C=O) groups excluding carboxylic acids is 1. The number of carboxylic acids is 1. The van der Waals surface area contributed by atoms with Crippen molar-refractivity contribution < 1.29 is 28.9 Å². The van der Waals surface area contributed by atoms with Gasteiger partial charge in [0, 0.05) is 12.7 Å². The first-order valence-electron chi connectivity index (χ1n) is 8.29. The summed E-state index contributed by atoms with van der Waals surface area (Å²) in [5, 5.41) is 11.8. The Balaban J connectivity index is 2.15. The number of carboxylic acid groups (broad SMARTS) is 1. The van der Waals surface area contributed by atoms with Crippen LogP contribution in [0.25, 0.3) is 0 Å². The SMILES string of the molecule is COCC(C)(NC(=O)c1ccc(OC2CCCC2)c(OC)c1)C(=O)O. The molecule has 1 unspecified atom stereocenters. The van der Waals surface area contributed by atoms with Gasteiger partial charge in [-0.15, -0.1) is 0 Å².